The fourth-order valence-electron chi connectivity index (χ4n) is 1.63. The van der Waals surface area contributed by atoms with Crippen LogP contribution in [-0.4, -0.2) is 26.0 Å². The fraction of sp³-hybridized carbons (Fsp3) is 0.545. The molecule has 0 amide bonds. The lowest BCUT2D eigenvalue weighted by atomic mass is 10.3. The van der Waals surface area contributed by atoms with E-state index in [1.165, 1.54) is 0 Å². The first kappa shape index (κ1) is 13.8. The maximum atomic E-state index is 5.27. The first-order valence-electron chi connectivity index (χ1n) is 5.85. The molecule has 18 heavy (non-hydrogen) atoms. The highest BCUT2D eigenvalue weighted by Crippen LogP contribution is 2.26. The van der Waals surface area contributed by atoms with E-state index < -0.39 is 0 Å². The van der Waals surface area contributed by atoms with E-state index in [0.717, 1.165) is 40.8 Å². The van der Waals surface area contributed by atoms with Crippen molar-refractivity contribution in [2.24, 2.45) is 0 Å². The van der Waals surface area contributed by atoms with Gasteiger partial charge in [0.05, 0.1) is 4.88 Å². The van der Waals surface area contributed by atoms with Crippen LogP contribution in [0.2, 0.25) is 0 Å². The summed E-state index contributed by atoms with van der Waals surface area (Å²) in [4.78, 5) is 5.50. The van der Waals surface area contributed by atoms with Crippen LogP contribution in [0, 0.1) is 4.77 Å². The quantitative estimate of drug-likeness (QED) is 0.826. The molecule has 0 aliphatic carbocycles. The smallest absolute Gasteiger partial charge is 0.195 e. The van der Waals surface area contributed by atoms with Crippen LogP contribution in [0.4, 0.5) is 0 Å². The van der Waals surface area contributed by atoms with E-state index in [-0.39, 0.29) is 0 Å². The molecular weight excluding hydrogens is 284 g/mol. The maximum Gasteiger partial charge on any atom is 0.195 e. The number of aromatic amines is 1. The number of thiazole rings is 1. The molecule has 0 saturated carbocycles. The SMILES string of the molecule is CCCCn1c(-c2cnc(CSC)s2)n[nH]c1=S. The van der Waals surface area contributed by atoms with Gasteiger partial charge in [-0.05, 0) is 24.9 Å². The second kappa shape index (κ2) is 6.49. The monoisotopic (exact) mass is 300 g/mol. The molecule has 2 rings (SSSR count). The molecule has 7 heteroatoms. The Bertz CT molecular complexity index is 555. The molecule has 0 radical (unpaired) electrons. The first-order chi connectivity index (χ1) is 8.76. The molecule has 0 unspecified atom stereocenters. The average molecular weight is 300 g/mol. The Morgan fingerprint density at radius 2 is 2.39 bits per heavy atom. The summed E-state index contributed by atoms with van der Waals surface area (Å²) in [5, 5.41) is 8.33. The van der Waals surface area contributed by atoms with E-state index in [2.05, 4.69) is 32.9 Å². The number of hydrogen-bond donors (Lipinski definition) is 1. The van der Waals surface area contributed by atoms with Crippen LogP contribution >= 0.6 is 35.3 Å². The molecule has 2 heterocycles. The third kappa shape index (κ3) is 3.02. The molecule has 0 aliphatic rings. The average Bonchev–Trinajstić information content (AvgIpc) is 2.94. The summed E-state index contributed by atoms with van der Waals surface area (Å²) < 4.78 is 2.76. The minimum absolute atomic E-state index is 0.693. The summed E-state index contributed by atoms with van der Waals surface area (Å²) in [6.07, 6.45) is 6.23. The third-order valence-electron chi connectivity index (χ3n) is 2.54. The van der Waals surface area contributed by atoms with Gasteiger partial charge in [0.15, 0.2) is 10.6 Å². The van der Waals surface area contributed by atoms with E-state index in [0.29, 0.717) is 4.77 Å². The van der Waals surface area contributed by atoms with Gasteiger partial charge in [0.2, 0.25) is 0 Å². The minimum atomic E-state index is 0.693. The van der Waals surface area contributed by atoms with Gasteiger partial charge in [0.1, 0.15) is 5.01 Å². The summed E-state index contributed by atoms with van der Waals surface area (Å²) in [7, 11) is 0. The Morgan fingerprint density at radius 3 is 3.11 bits per heavy atom. The van der Waals surface area contributed by atoms with Gasteiger partial charge in [-0.3, -0.25) is 9.67 Å². The van der Waals surface area contributed by atoms with E-state index in [4.69, 9.17) is 12.2 Å². The molecule has 2 aromatic heterocycles. The third-order valence-corrected chi connectivity index (χ3v) is 4.59. The summed E-state index contributed by atoms with van der Waals surface area (Å²) in [5.41, 5.74) is 0. The lowest BCUT2D eigenvalue weighted by Gasteiger charge is -2.03. The number of nitrogens with zero attached hydrogens (tertiary/aromatic N) is 3. The predicted molar refractivity (Wildman–Crippen MR) is 80.6 cm³/mol. The van der Waals surface area contributed by atoms with Crippen molar-refractivity contribution in [3.8, 4) is 10.7 Å². The molecule has 0 saturated heterocycles. The summed E-state index contributed by atoms with van der Waals surface area (Å²) in [5.74, 6) is 1.86. The van der Waals surface area contributed by atoms with Crippen LogP contribution in [0.3, 0.4) is 0 Å². The number of unbranched alkanes of at least 4 members (excludes halogenated alkanes) is 1. The van der Waals surface area contributed by atoms with Gasteiger partial charge in [-0.2, -0.15) is 16.9 Å². The Morgan fingerprint density at radius 1 is 1.56 bits per heavy atom. The Balaban J connectivity index is 2.28. The standard InChI is InChI=1S/C11H16N4S3/c1-3-4-5-15-10(13-14-11(15)16)8-6-12-9(18-8)7-17-2/h6H,3-5,7H2,1-2H3,(H,14,16). The highest BCUT2D eigenvalue weighted by Gasteiger charge is 2.11. The van der Waals surface area contributed by atoms with Crippen molar-refractivity contribution in [2.45, 2.75) is 32.1 Å². The van der Waals surface area contributed by atoms with Crippen molar-refractivity contribution in [1.82, 2.24) is 19.7 Å². The van der Waals surface area contributed by atoms with Gasteiger partial charge < -0.3 is 0 Å². The molecular formula is C11H16N4S3. The molecule has 2 aromatic rings. The Hall–Kier alpha value is -0.660. The van der Waals surface area contributed by atoms with Gasteiger partial charge in [-0.1, -0.05) is 13.3 Å². The second-order valence-corrected chi connectivity index (χ2v) is 6.28. The summed E-state index contributed by atoms with van der Waals surface area (Å²) in [6, 6.07) is 0. The van der Waals surface area contributed by atoms with Gasteiger partial charge in [-0.15, -0.1) is 11.3 Å². The molecule has 0 aromatic carbocycles. The predicted octanol–water partition coefficient (Wildman–Crippen LogP) is 3.73. The second-order valence-electron chi connectivity index (χ2n) is 3.91. The normalized spacial score (nSPS) is 11.0. The minimum Gasteiger partial charge on any atom is -0.299 e. The molecule has 0 aliphatic heterocycles. The van der Waals surface area contributed by atoms with Crippen LogP contribution in [0.15, 0.2) is 6.20 Å². The molecule has 0 spiro atoms. The highest BCUT2D eigenvalue weighted by atomic mass is 32.2. The van der Waals surface area contributed by atoms with Crippen LogP contribution in [0.25, 0.3) is 10.7 Å². The molecule has 98 valence electrons. The lowest BCUT2D eigenvalue weighted by Crippen LogP contribution is -1.99. The van der Waals surface area contributed by atoms with Crippen molar-refractivity contribution < 1.29 is 0 Å². The molecule has 0 fully saturated rings. The molecule has 0 atom stereocenters. The Labute approximate surface area is 120 Å². The Kier molecular flexibility index (Phi) is 4.96. The van der Waals surface area contributed by atoms with Crippen molar-refractivity contribution in [2.75, 3.05) is 6.26 Å². The number of thioether (sulfide) groups is 1. The molecule has 4 nitrogen and oxygen atoms in total. The zero-order chi connectivity index (χ0) is 13.0. The first-order valence-corrected chi connectivity index (χ1v) is 8.47. The summed E-state index contributed by atoms with van der Waals surface area (Å²) >= 11 is 8.74. The number of rotatable bonds is 6. The van der Waals surface area contributed by atoms with Gasteiger partial charge in [0, 0.05) is 18.5 Å². The van der Waals surface area contributed by atoms with Crippen LogP contribution in [0.5, 0.6) is 0 Å². The topological polar surface area (TPSA) is 46.5 Å². The van der Waals surface area contributed by atoms with Crippen molar-refractivity contribution >= 4 is 35.3 Å². The van der Waals surface area contributed by atoms with E-state index in [1.54, 1.807) is 23.1 Å². The number of aromatic nitrogens is 4. The lowest BCUT2D eigenvalue weighted by molar-refractivity contribution is 0.629. The van der Waals surface area contributed by atoms with Gasteiger partial charge >= 0.3 is 0 Å². The largest absolute Gasteiger partial charge is 0.299 e. The van der Waals surface area contributed by atoms with Gasteiger partial charge in [-0.25, -0.2) is 4.98 Å². The van der Waals surface area contributed by atoms with E-state index in [9.17, 15) is 0 Å². The van der Waals surface area contributed by atoms with Crippen LogP contribution in [-0.2, 0) is 12.3 Å². The highest BCUT2D eigenvalue weighted by molar-refractivity contribution is 7.97. The maximum absolute atomic E-state index is 5.27. The van der Waals surface area contributed by atoms with Crippen molar-refractivity contribution in [3.63, 3.8) is 0 Å². The summed E-state index contributed by atoms with van der Waals surface area (Å²) in [6.45, 7) is 3.09. The fourth-order valence-corrected chi connectivity index (χ4v) is 3.48. The van der Waals surface area contributed by atoms with Crippen LogP contribution < -0.4 is 0 Å². The van der Waals surface area contributed by atoms with E-state index >= 15 is 0 Å². The number of H-pyrrole nitrogens is 1. The molecule has 1 N–H and O–H groups in total. The van der Waals surface area contributed by atoms with Crippen molar-refractivity contribution in [1.29, 1.82) is 0 Å². The number of hydrogen-bond acceptors (Lipinski definition) is 5. The van der Waals surface area contributed by atoms with E-state index in [1.807, 2.05) is 6.20 Å². The van der Waals surface area contributed by atoms with Gasteiger partial charge in [0.25, 0.3) is 0 Å². The zero-order valence-electron chi connectivity index (χ0n) is 10.5. The van der Waals surface area contributed by atoms with Crippen LogP contribution in [0.1, 0.15) is 24.8 Å². The zero-order valence-corrected chi connectivity index (χ0v) is 12.9. The molecule has 0 bridgehead atoms. The van der Waals surface area contributed by atoms with Crippen molar-refractivity contribution in [3.05, 3.63) is 16.0 Å². The number of nitrogens with one attached hydrogen (secondary N) is 1.